The molecule has 0 saturated carbocycles. The fourth-order valence-corrected chi connectivity index (χ4v) is 0.617. The summed E-state index contributed by atoms with van der Waals surface area (Å²) in [5.74, 6) is 0. The van der Waals surface area contributed by atoms with Gasteiger partial charge in [0, 0.05) is 12.4 Å². The standard InChI is InChI=1S/C6H7N3OS.CH3NOS.CH4/c10-6(11)9-8-5-1-3-7-4-2-5;2-1(3)4;/h1-4H,(H,7,8)(H2,9,10,11);(H3,2,3,4);1H4. The van der Waals surface area contributed by atoms with Gasteiger partial charge in [0.2, 0.25) is 0 Å². The van der Waals surface area contributed by atoms with Crippen LogP contribution in [0.1, 0.15) is 7.43 Å². The van der Waals surface area contributed by atoms with Gasteiger partial charge in [0.25, 0.3) is 10.5 Å². The zero-order valence-corrected chi connectivity index (χ0v) is 9.33. The normalized spacial score (nSPS) is 7.62. The number of pyridine rings is 1. The van der Waals surface area contributed by atoms with E-state index in [9.17, 15) is 4.79 Å². The molecular formula is C8H14N4O2S2. The van der Waals surface area contributed by atoms with Gasteiger partial charge < -0.3 is 5.73 Å². The lowest BCUT2D eigenvalue weighted by Crippen LogP contribution is -2.23. The molecule has 0 aliphatic carbocycles. The fourth-order valence-electron chi connectivity index (χ4n) is 0.561. The lowest BCUT2D eigenvalue weighted by atomic mass is 10.4. The Morgan fingerprint density at radius 1 is 1.25 bits per heavy atom. The van der Waals surface area contributed by atoms with Crippen molar-refractivity contribution in [2.75, 3.05) is 5.43 Å². The van der Waals surface area contributed by atoms with Crippen molar-refractivity contribution in [3.05, 3.63) is 24.5 Å². The quantitative estimate of drug-likeness (QED) is 0.414. The van der Waals surface area contributed by atoms with E-state index in [0.717, 1.165) is 5.69 Å². The zero-order chi connectivity index (χ0) is 11.7. The average molecular weight is 262 g/mol. The summed E-state index contributed by atoms with van der Waals surface area (Å²) in [5, 5.41) is -1.07. The van der Waals surface area contributed by atoms with Crippen LogP contribution in [0.2, 0.25) is 0 Å². The van der Waals surface area contributed by atoms with Crippen LogP contribution in [-0.4, -0.2) is 15.5 Å². The molecule has 1 aromatic heterocycles. The lowest BCUT2D eigenvalue weighted by Gasteiger charge is -2.03. The molecule has 0 aromatic carbocycles. The summed E-state index contributed by atoms with van der Waals surface area (Å²) >= 11 is 6.61. The number of anilines is 1. The predicted octanol–water partition coefficient (Wildman–Crippen LogP) is 1.68. The van der Waals surface area contributed by atoms with E-state index in [2.05, 4.69) is 46.8 Å². The third-order valence-electron chi connectivity index (χ3n) is 0.994. The molecule has 0 spiro atoms. The second-order valence-electron chi connectivity index (χ2n) is 2.13. The molecule has 1 heterocycles. The van der Waals surface area contributed by atoms with Crippen molar-refractivity contribution in [1.29, 1.82) is 0 Å². The number of hydrazine groups is 1. The number of aromatic nitrogens is 1. The minimum absolute atomic E-state index is 0. The Morgan fingerprint density at radius 2 is 1.69 bits per heavy atom. The number of nitrogens with zero attached hydrogens (tertiary/aromatic N) is 1. The monoisotopic (exact) mass is 262 g/mol. The molecule has 16 heavy (non-hydrogen) atoms. The lowest BCUT2D eigenvalue weighted by molar-refractivity contribution is 0.262. The summed E-state index contributed by atoms with van der Waals surface area (Å²) in [4.78, 5) is 23.2. The molecule has 0 fully saturated rings. The van der Waals surface area contributed by atoms with E-state index in [-0.39, 0.29) is 7.43 Å². The van der Waals surface area contributed by atoms with E-state index in [4.69, 9.17) is 4.79 Å². The first-order chi connectivity index (χ1) is 7.02. The van der Waals surface area contributed by atoms with Crippen LogP contribution >= 0.6 is 25.3 Å². The van der Waals surface area contributed by atoms with Gasteiger partial charge in [-0.05, 0) is 12.1 Å². The van der Waals surface area contributed by atoms with Crippen molar-refractivity contribution in [2.24, 2.45) is 5.73 Å². The number of primary amides is 1. The van der Waals surface area contributed by atoms with Gasteiger partial charge in [0.1, 0.15) is 0 Å². The molecule has 0 atom stereocenters. The van der Waals surface area contributed by atoms with Crippen LogP contribution in [-0.2, 0) is 0 Å². The van der Waals surface area contributed by atoms with Gasteiger partial charge in [-0.1, -0.05) is 32.7 Å². The van der Waals surface area contributed by atoms with Crippen molar-refractivity contribution in [2.45, 2.75) is 7.43 Å². The van der Waals surface area contributed by atoms with E-state index < -0.39 is 10.5 Å². The van der Waals surface area contributed by atoms with Gasteiger partial charge in [-0.2, -0.15) is 0 Å². The Bertz CT molecular complexity index is 317. The summed E-state index contributed by atoms with van der Waals surface area (Å²) in [6.45, 7) is 0. The van der Waals surface area contributed by atoms with E-state index in [1.165, 1.54) is 0 Å². The maximum Gasteiger partial charge on any atom is 0.294 e. The average Bonchev–Trinajstić information content (AvgIpc) is 2.15. The first-order valence-corrected chi connectivity index (χ1v) is 4.55. The largest absolute Gasteiger partial charge is 0.361 e. The van der Waals surface area contributed by atoms with Crippen LogP contribution in [0.15, 0.2) is 24.5 Å². The van der Waals surface area contributed by atoms with Crippen molar-refractivity contribution in [3.63, 3.8) is 0 Å². The van der Waals surface area contributed by atoms with Crippen molar-refractivity contribution < 1.29 is 9.59 Å². The Kier molecular flexibility index (Phi) is 10.8. The molecule has 2 amide bonds. The van der Waals surface area contributed by atoms with E-state index in [1.807, 2.05) is 0 Å². The molecule has 0 aliphatic heterocycles. The van der Waals surface area contributed by atoms with E-state index in [0.29, 0.717) is 0 Å². The minimum Gasteiger partial charge on any atom is -0.361 e. The number of carbonyl (C=O) groups excluding carboxylic acids is 2. The first kappa shape index (κ1) is 17.0. The topological polar surface area (TPSA) is 97.1 Å². The Hall–Kier alpha value is -1.41. The molecule has 6 nitrogen and oxygen atoms in total. The molecular weight excluding hydrogens is 248 g/mol. The third kappa shape index (κ3) is 12.6. The molecule has 90 valence electrons. The SMILES string of the molecule is C.NC(=O)S.O=C(S)NNc1ccncc1. The number of nitrogens with one attached hydrogen (secondary N) is 2. The molecule has 0 aliphatic rings. The van der Waals surface area contributed by atoms with Crippen molar-refractivity contribution >= 4 is 41.4 Å². The van der Waals surface area contributed by atoms with Gasteiger partial charge in [-0.15, -0.1) is 0 Å². The molecule has 0 bridgehead atoms. The summed E-state index contributed by atoms with van der Waals surface area (Å²) < 4.78 is 0. The number of hydrogen-bond acceptors (Lipinski definition) is 4. The van der Waals surface area contributed by atoms with Crippen molar-refractivity contribution in [3.8, 4) is 0 Å². The number of nitrogens with two attached hydrogens (primary N) is 1. The number of hydrogen-bond donors (Lipinski definition) is 5. The Labute approximate surface area is 105 Å². The van der Waals surface area contributed by atoms with Gasteiger partial charge in [-0.3, -0.25) is 25.4 Å². The van der Waals surface area contributed by atoms with Crippen LogP contribution in [0.5, 0.6) is 0 Å². The van der Waals surface area contributed by atoms with E-state index in [1.54, 1.807) is 24.5 Å². The van der Waals surface area contributed by atoms with Crippen LogP contribution in [0.4, 0.5) is 15.3 Å². The van der Waals surface area contributed by atoms with Gasteiger partial charge in [0.05, 0.1) is 5.69 Å². The first-order valence-electron chi connectivity index (χ1n) is 3.65. The number of amides is 2. The summed E-state index contributed by atoms with van der Waals surface area (Å²) in [5.41, 5.74) is 10.0. The molecule has 0 radical (unpaired) electrons. The maximum atomic E-state index is 10.3. The maximum absolute atomic E-state index is 10.3. The molecule has 8 heteroatoms. The Morgan fingerprint density at radius 3 is 2.06 bits per heavy atom. The van der Waals surface area contributed by atoms with Crippen LogP contribution in [0, 0.1) is 0 Å². The Balaban J connectivity index is 0. The molecule has 1 rings (SSSR count). The van der Waals surface area contributed by atoms with Gasteiger partial charge in [-0.25, -0.2) is 0 Å². The molecule has 0 saturated heterocycles. The van der Waals surface area contributed by atoms with Crippen LogP contribution < -0.4 is 16.6 Å². The highest BCUT2D eigenvalue weighted by molar-refractivity contribution is 7.96. The highest BCUT2D eigenvalue weighted by Gasteiger charge is 1.90. The smallest absolute Gasteiger partial charge is 0.294 e. The van der Waals surface area contributed by atoms with Crippen LogP contribution in [0.25, 0.3) is 0 Å². The fraction of sp³-hybridized carbons (Fsp3) is 0.125. The number of rotatable bonds is 2. The van der Waals surface area contributed by atoms with Crippen LogP contribution in [0.3, 0.4) is 0 Å². The molecule has 1 aromatic rings. The second-order valence-corrected chi connectivity index (χ2v) is 2.98. The highest BCUT2D eigenvalue weighted by atomic mass is 32.1. The van der Waals surface area contributed by atoms with Gasteiger partial charge in [0.15, 0.2) is 0 Å². The molecule has 4 N–H and O–H groups in total. The highest BCUT2D eigenvalue weighted by Crippen LogP contribution is 2.00. The van der Waals surface area contributed by atoms with Gasteiger partial charge >= 0.3 is 0 Å². The minimum atomic E-state index is -0.639. The zero-order valence-electron chi connectivity index (χ0n) is 7.54. The number of carbonyl (C=O) groups is 2. The second kappa shape index (κ2) is 10.1. The predicted molar refractivity (Wildman–Crippen MR) is 70.7 cm³/mol. The summed E-state index contributed by atoms with van der Waals surface area (Å²) in [6, 6.07) is 3.45. The molecule has 0 unspecified atom stereocenters. The number of thiol groups is 2. The van der Waals surface area contributed by atoms with E-state index >= 15 is 0 Å². The van der Waals surface area contributed by atoms with Crippen molar-refractivity contribution in [1.82, 2.24) is 10.4 Å². The summed E-state index contributed by atoms with van der Waals surface area (Å²) in [7, 11) is 0. The summed E-state index contributed by atoms with van der Waals surface area (Å²) in [6.07, 6.45) is 3.24. The third-order valence-corrected chi connectivity index (χ3v) is 1.11.